The van der Waals surface area contributed by atoms with Crippen LogP contribution in [0.15, 0.2) is 12.1 Å². The maximum atomic E-state index is 12.7. The zero-order valence-corrected chi connectivity index (χ0v) is 16.3. The Labute approximate surface area is 154 Å². The minimum atomic E-state index is -4.71. The zero-order valence-electron chi connectivity index (χ0n) is 16.3. The van der Waals surface area contributed by atoms with Gasteiger partial charge in [0.2, 0.25) is 5.88 Å². The van der Waals surface area contributed by atoms with E-state index in [4.69, 9.17) is 0 Å². The maximum absolute atomic E-state index is 12.7. The lowest BCUT2D eigenvalue weighted by Crippen LogP contribution is -2.34. The molecule has 1 aromatic heterocycles. The molecular weight excluding hydrogens is 341 g/mol. The van der Waals surface area contributed by atoms with Crippen LogP contribution >= 0.6 is 0 Å². The molecule has 0 aliphatic carbocycles. The number of piperidine rings is 1. The average molecular weight is 372 g/mol. The molecule has 0 atom stereocenters. The number of pyridine rings is 1. The van der Waals surface area contributed by atoms with Crippen LogP contribution in [0.2, 0.25) is 0 Å². The third kappa shape index (κ3) is 6.45. The first kappa shape index (κ1) is 21.0. The first-order valence-corrected chi connectivity index (χ1v) is 9.64. The van der Waals surface area contributed by atoms with Crippen LogP contribution in [0.25, 0.3) is 0 Å². The van der Waals surface area contributed by atoms with E-state index in [1.54, 1.807) is 6.07 Å². The summed E-state index contributed by atoms with van der Waals surface area (Å²) in [6.07, 6.45) is -0.416. The average Bonchev–Trinajstić information content (AvgIpc) is 2.53. The van der Waals surface area contributed by atoms with Gasteiger partial charge in [-0.05, 0) is 63.2 Å². The van der Waals surface area contributed by atoms with E-state index in [1.807, 2.05) is 19.9 Å². The molecule has 0 aromatic carbocycles. The molecule has 2 heterocycles. The molecule has 0 amide bonds. The number of rotatable bonds is 7. The van der Waals surface area contributed by atoms with E-state index in [2.05, 4.69) is 28.5 Å². The molecule has 0 radical (unpaired) electrons. The number of halogens is 3. The number of likely N-dealkylation sites (tertiary alicyclic amines) is 1. The Kier molecular flexibility index (Phi) is 7.33. The highest BCUT2D eigenvalue weighted by Crippen LogP contribution is 2.34. The Balaban J connectivity index is 2.00. The third-order valence-electron chi connectivity index (χ3n) is 5.01. The van der Waals surface area contributed by atoms with Crippen LogP contribution in [0.3, 0.4) is 0 Å². The monoisotopic (exact) mass is 372 g/mol. The summed E-state index contributed by atoms with van der Waals surface area (Å²) in [6.45, 7) is 11.2. The molecule has 2 rings (SSSR count). The quantitative estimate of drug-likeness (QED) is 0.612. The Morgan fingerprint density at radius 3 is 2.35 bits per heavy atom. The number of ether oxygens (including phenoxy) is 1. The second-order valence-corrected chi connectivity index (χ2v) is 7.98. The Bertz CT molecular complexity index is 565. The largest absolute Gasteiger partial charge is 0.574 e. The fourth-order valence-electron chi connectivity index (χ4n) is 3.50. The molecule has 0 spiro atoms. The van der Waals surface area contributed by atoms with E-state index < -0.39 is 6.36 Å². The molecule has 3 nitrogen and oxygen atoms in total. The molecule has 0 bridgehead atoms. The topological polar surface area (TPSA) is 25.4 Å². The van der Waals surface area contributed by atoms with Crippen molar-refractivity contribution in [1.29, 1.82) is 0 Å². The van der Waals surface area contributed by atoms with Crippen LogP contribution in [-0.2, 0) is 0 Å². The number of hydrogen-bond acceptors (Lipinski definition) is 3. The van der Waals surface area contributed by atoms with Crippen molar-refractivity contribution in [3.05, 3.63) is 23.4 Å². The molecular formula is C20H31F3N2O. The summed E-state index contributed by atoms with van der Waals surface area (Å²) in [5.74, 6) is 0.567. The fourth-order valence-corrected chi connectivity index (χ4v) is 3.50. The smallest absolute Gasteiger partial charge is 0.388 e. The molecule has 0 N–H and O–H groups in total. The minimum absolute atomic E-state index is 0.0725. The molecule has 1 fully saturated rings. The fraction of sp³-hybridized carbons (Fsp3) is 0.750. The summed E-state index contributed by atoms with van der Waals surface area (Å²) >= 11 is 0. The predicted molar refractivity (Wildman–Crippen MR) is 97.5 cm³/mol. The molecule has 1 saturated heterocycles. The van der Waals surface area contributed by atoms with E-state index in [-0.39, 0.29) is 17.7 Å². The highest BCUT2D eigenvalue weighted by Gasteiger charge is 2.34. The summed E-state index contributed by atoms with van der Waals surface area (Å²) in [7, 11) is 0. The second kappa shape index (κ2) is 9.07. The van der Waals surface area contributed by atoms with Crippen LogP contribution in [-0.4, -0.2) is 35.9 Å². The molecule has 0 unspecified atom stereocenters. The van der Waals surface area contributed by atoms with Gasteiger partial charge in [0.25, 0.3) is 0 Å². The van der Waals surface area contributed by atoms with Crippen molar-refractivity contribution in [3.8, 4) is 5.88 Å². The van der Waals surface area contributed by atoms with Gasteiger partial charge in [0.15, 0.2) is 0 Å². The highest BCUT2D eigenvalue weighted by atomic mass is 19.4. The van der Waals surface area contributed by atoms with Crippen molar-refractivity contribution in [1.82, 2.24) is 9.88 Å². The Morgan fingerprint density at radius 1 is 1.15 bits per heavy atom. The van der Waals surface area contributed by atoms with Gasteiger partial charge in [-0.2, -0.15) is 0 Å². The van der Waals surface area contributed by atoms with Gasteiger partial charge in [0.05, 0.1) is 0 Å². The molecule has 148 valence electrons. The minimum Gasteiger partial charge on any atom is -0.388 e. The summed E-state index contributed by atoms with van der Waals surface area (Å²) in [4.78, 5) is 6.71. The SMILES string of the molecule is CC(C)CCCN1CCC(c2ccc(C(C)C)c(OC(F)(F)F)n2)CC1. The summed E-state index contributed by atoms with van der Waals surface area (Å²) in [6, 6.07) is 3.61. The Hall–Kier alpha value is -1.30. The molecule has 6 heteroatoms. The lowest BCUT2D eigenvalue weighted by Gasteiger charge is -2.32. The van der Waals surface area contributed by atoms with Crippen molar-refractivity contribution in [2.75, 3.05) is 19.6 Å². The van der Waals surface area contributed by atoms with Crippen LogP contribution in [0.5, 0.6) is 5.88 Å². The van der Waals surface area contributed by atoms with E-state index in [0.717, 1.165) is 44.1 Å². The van der Waals surface area contributed by atoms with E-state index >= 15 is 0 Å². The van der Waals surface area contributed by atoms with Crippen molar-refractivity contribution < 1.29 is 17.9 Å². The standard InChI is InChI=1S/C20H31F3N2O/c1-14(2)6-5-11-25-12-9-16(10-13-25)18-8-7-17(15(3)4)19(24-18)26-20(21,22)23/h7-8,14-16H,5-6,9-13H2,1-4H3. The van der Waals surface area contributed by atoms with Crippen molar-refractivity contribution >= 4 is 0 Å². The molecule has 1 aromatic rings. The highest BCUT2D eigenvalue weighted by molar-refractivity contribution is 5.32. The third-order valence-corrected chi connectivity index (χ3v) is 5.01. The lowest BCUT2D eigenvalue weighted by molar-refractivity contribution is -0.276. The first-order chi connectivity index (χ1) is 12.2. The van der Waals surface area contributed by atoms with Crippen LogP contribution in [0.1, 0.15) is 76.5 Å². The number of alkyl halides is 3. The van der Waals surface area contributed by atoms with E-state index in [0.29, 0.717) is 5.56 Å². The molecule has 26 heavy (non-hydrogen) atoms. The van der Waals surface area contributed by atoms with Gasteiger partial charge in [0.1, 0.15) is 0 Å². The summed E-state index contributed by atoms with van der Waals surface area (Å²) < 4.78 is 42.3. The summed E-state index contributed by atoms with van der Waals surface area (Å²) in [5, 5.41) is 0. The molecule has 0 saturated carbocycles. The van der Waals surface area contributed by atoms with Crippen molar-refractivity contribution in [3.63, 3.8) is 0 Å². The van der Waals surface area contributed by atoms with Crippen LogP contribution in [0, 0.1) is 5.92 Å². The summed E-state index contributed by atoms with van der Waals surface area (Å²) in [5.41, 5.74) is 1.22. The van der Waals surface area contributed by atoms with Gasteiger partial charge in [-0.25, -0.2) is 4.98 Å². The normalized spacial score (nSPS) is 17.3. The van der Waals surface area contributed by atoms with Gasteiger partial charge in [-0.15, -0.1) is 13.2 Å². The predicted octanol–water partition coefficient (Wildman–Crippen LogP) is 5.72. The van der Waals surface area contributed by atoms with Gasteiger partial charge in [-0.3, -0.25) is 0 Å². The first-order valence-electron chi connectivity index (χ1n) is 9.64. The lowest BCUT2D eigenvalue weighted by atomic mass is 9.92. The van der Waals surface area contributed by atoms with Crippen LogP contribution in [0.4, 0.5) is 13.2 Å². The van der Waals surface area contributed by atoms with Gasteiger partial charge >= 0.3 is 6.36 Å². The molecule has 1 aliphatic heterocycles. The van der Waals surface area contributed by atoms with Crippen molar-refractivity contribution in [2.24, 2.45) is 5.92 Å². The second-order valence-electron chi connectivity index (χ2n) is 7.98. The van der Waals surface area contributed by atoms with E-state index in [1.165, 1.54) is 12.8 Å². The number of aromatic nitrogens is 1. The van der Waals surface area contributed by atoms with Gasteiger partial charge in [-0.1, -0.05) is 33.8 Å². The Morgan fingerprint density at radius 2 is 1.81 bits per heavy atom. The van der Waals surface area contributed by atoms with E-state index in [9.17, 15) is 13.2 Å². The maximum Gasteiger partial charge on any atom is 0.574 e. The molecule has 1 aliphatic rings. The van der Waals surface area contributed by atoms with Crippen molar-refractivity contribution in [2.45, 2.75) is 71.6 Å². The number of nitrogens with zero attached hydrogens (tertiary/aromatic N) is 2. The number of hydrogen-bond donors (Lipinski definition) is 0. The van der Waals surface area contributed by atoms with Gasteiger partial charge < -0.3 is 9.64 Å². The van der Waals surface area contributed by atoms with Gasteiger partial charge in [0, 0.05) is 17.2 Å². The van der Waals surface area contributed by atoms with Crippen LogP contribution < -0.4 is 4.74 Å². The zero-order chi connectivity index (χ0) is 19.3.